The fourth-order valence-electron chi connectivity index (χ4n) is 1.48. The van der Waals surface area contributed by atoms with Crippen LogP contribution in [0.25, 0.3) is 0 Å². The maximum absolute atomic E-state index is 10.2. The summed E-state index contributed by atoms with van der Waals surface area (Å²) in [5.41, 5.74) is -0.0957. The van der Waals surface area contributed by atoms with Crippen LogP contribution in [0.2, 0.25) is 0 Å². The Morgan fingerprint density at radius 3 is 2.40 bits per heavy atom. The van der Waals surface area contributed by atoms with Gasteiger partial charge in [0, 0.05) is 0 Å². The van der Waals surface area contributed by atoms with Gasteiger partial charge in [-0.2, -0.15) is 0 Å². The molecule has 1 saturated carbocycles. The van der Waals surface area contributed by atoms with Crippen molar-refractivity contribution >= 4 is 8.69 Å². The van der Waals surface area contributed by atoms with Crippen molar-refractivity contribution in [1.29, 1.82) is 0 Å². The first kappa shape index (κ1) is 8.16. The third-order valence-electron chi connectivity index (χ3n) is 2.17. The van der Waals surface area contributed by atoms with Crippen LogP contribution < -0.4 is 0 Å². The lowest BCUT2D eigenvalue weighted by Gasteiger charge is -2.29. The van der Waals surface area contributed by atoms with Crippen molar-refractivity contribution in [2.24, 2.45) is 0 Å². The molecule has 58 valence electrons. The van der Waals surface area contributed by atoms with Crippen molar-refractivity contribution in [2.75, 3.05) is 0 Å². The van der Waals surface area contributed by atoms with Gasteiger partial charge in [0.25, 0.3) is 0 Å². The van der Waals surface area contributed by atoms with Crippen LogP contribution in [0.5, 0.6) is 0 Å². The molecule has 0 aliphatic heterocycles. The van der Waals surface area contributed by atoms with Crippen LogP contribution in [0.3, 0.4) is 0 Å². The van der Waals surface area contributed by atoms with Crippen molar-refractivity contribution < 1.29 is 9.09 Å². The summed E-state index contributed by atoms with van der Waals surface area (Å²) >= 11 is 0. The molecule has 0 heterocycles. The third kappa shape index (κ3) is 2.03. The average Bonchev–Trinajstić information content (AvgIpc) is 1.89. The Balaban J connectivity index is 2.39. The maximum atomic E-state index is 10.2. The minimum Gasteiger partial charge on any atom is -0.288 e. The molecule has 0 aromatic carbocycles. The molecule has 0 bridgehead atoms. The van der Waals surface area contributed by atoms with Gasteiger partial charge in [-0.1, -0.05) is 19.3 Å². The van der Waals surface area contributed by atoms with E-state index < -0.39 is 0 Å². The Morgan fingerprint density at radius 2 is 1.90 bits per heavy atom. The van der Waals surface area contributed by atoms with Gasteiger partial charge in [0.05, 0.1) is 5.60 Å². The molecule has 1 rings (SSSR count). The van der Waals surface area contributed by atoms with E-state index in [4.69, 9.17) is 4.52 Å². The molecular formula is C7H13O2P. The van der Waals surface area contributed by atoms with Gasteiger partial charge in [0.15, 0.2) is 0 Å². The highest BCUT2D eigenvalue weighted by Crippen LogP contribution is 2.33. The highest BCUT2D eigenvalue weighted by molar-refractivity contribution is 7.17. The summed E-state index contributed by atoms with van der Waals surface area (Å²) in [5.74, 6) is 0. The standard InChI is InChI=1S/C7H13O2P/c1-7(9-10-8)5-3-2-4-6-7/h2-6H2,1H3. The van der Waals surface area contributed by atoms with Crippen LogP contribution >= 0.6 is 8.69 Å². The topological polar surface area (TPSA) is 26.3 Å². The zero-order chi connectivity index (χ0) is 7.45. The minimum atomic E-state index is -0.167. The smallest absolute Gasteiger partial charge is 0.288 e. The quantitative estimate of drug-likeness (QED) is 0.580. The number of hydrogen-bond donors (Lipinski definition) is 0. The molecule has 0 unspecified atom stereocenters. The lowest BCUT2D eigenvalue weighted by Crippen LogP contribution is -2.27. The van der Waals surface area contributed by atoms with E-state index in [9.17, 15) is 4.57 Å². The van der Waals surface area contributed by atoms with Gasteiger partial charge in [-0.25, -0.2) is 4.57 Å². The highest BCUT2D eigenvalue weighted by Gasteiger charge is 2.27. The van der Waals surface area contributed by atoms with Gasteiger partial charge in [0.1, 0.15) is 0 Å². The van der Waals surface area contributed by atoms with Crippen LogP contribution in [-0.4, -0.2) is 5.60 Å². The van der Waals surface area contributed by atoms with Crippen molar-refractivity contribution in [3.05, 3.63) is 0 Å². The van der Waals surface area contributed by atoms with Crippen LogP contribution in [0, 0.1) is 0 Å². The van der Waals surface area contributed by atoms with Crippen molar-refractivity contribution in [3.63, 3.8) is 0 Å². The fraction of sp³-hybridized carbons (Fsp3) is 1.00. The first-order valence-electron chi connectivity index (χ1n) is 3.78. The molecule has 2 nitrogen and oxygen atoms in total. The van der Waals surface area contributed by atoms with E-state index in [0.29, 0.717) is 0 Å². The van der Waals surface area contributed by atoms with E-state index in [0.717, 1.165) is 12.8 Å². The molecule has 0 amide bonds. The molecule has 1 aliphatic rings. The van der Waals surface area contributed by atoms with Crippen molar-refractivity contribution in [3.8, 4) is 0 Å². The molecule has 0 aromatic rings. The summed E-state index contributed by atoms with van der Waals surface area (Å²) < 4.78 is 15.2. The molecule has 3 heteroatoms. The first-order valence-corrected chi connectivity index (χ1v) is 4.51. The largest absolute Gasteiger partial charge is 0.327 e. The summed E-state index contributed by atoms with van der Waals surface area (Å²) in [6, 6.07) is 0. The second-order valence-corrected chi connectivity index (χ2v) is 3.51. The van der Waals surface area contributed by atoms with Crippen LogP contribution in [-0.2, 0) is 9.09 Å². The van der Waals surface area contributed by atoms with E-state index in [-0.39, 0.29) is 14.3 Å². The van der Waals surface area contributed by atoms with Crippen LogP contribution in [0.15, 0.2) is 0 Å². The zero-order valence-electron chi connectivity index (χ0n) is 6.30. The second-order valence-electron chi connectivity index (χ2n) is 3.18. The van der Waals surface area contributed by atoms with Gasteiger partial charge in [-0.3, -0.25) is 4.52 Å². The summed E-state index contributed by atoms with van der Waals surface area (Å²) in [5, 5.41) is 0. The van der Waals surface area contributed by atoms with E-state index in [1.54, 1.807) is 0 Å². The SMILES string of the molecule is CC1(OP=O)CCCCC1. The monoisotopic (exact) mass is 160 g/mol. The minimum absolute atomic E-state index is 0.0957. The Labute approximate surface area is 63.2 Å². The van der Waals surface area contributed by atoms with Gasteiger partial charge >= 0.3 is 8.69 Å². The molecular weight excluding hydrogens is 147 g/mol. The molecule has 0 atom stereocenters. The Morgan fingerprint density at radius 1 is 1.30 bits per heavy atom. The second kappa shape index (κ2) is 3.45. The fourth-order valence-corrected chi connectivity index (χ4v) is 1.84. The molecule has 0 N–H and O–H groups in total. The highest BCUT2D eigenvalue weighted by atomic mass is 31.1. The zero-order valence-corrected chi connectivity index (χ0v) is 7.19. The molecule has 0 radical (unpaired) electrons. The van der Waals surface area contributed by atoms with Gasteiger partial charge in [0.2, 0.25) is 0 Å². The van der Waals surface area contributed by atoms with Crippen LogP contribution in [0.4, 0.5) is 0 Å². The molecule has 1 aliphatic carbocycles. The summed E-state index contributed by atoms with van der Waals surface area (Å²) in [6.45, 7) is 2.04. The third-order valence-corrected chi connectivity index (χ3v) is 2.68. The van der Waals surface area contributed by atoms with Crippen molar-refractivity contribution in [2.45, 2.75) is 44.6 Å². The van der Waals surface area contributed by atoms with E-state index in [2.05, 4.69) is 0 Å². The van der Waals surface area contributed by atoms with E-state index in [1.807, 2.05) is 6.92 Å². The van der Waals surface area contributed by atoms with E-state index >= 15 is 0 Å². The number of hydrogen-bond acceptors (Lipinski definition) is 2. The van der Waals surface area contributed by atoms with E-state index in [1.165, 1.54) is 19.3 Å². The maximum Gasteiger partial charge on any atom is 0.327 e. The summed E-state index contributed by atoms with van der Waals surface area (Å²) in [4.78, 5) is 0. The normalized spacial score (nSPS) is 24.9. The first-order chi connectivity index (χ1) is 4.77. The summed E-state index contributed by atoms with van der Waals surface area (Å²) in [6.07, 6.45) is 5.84. The Hall–Kier alpha value is 0.0600. The molecule has 0 spiro atoms. The predicted molar refractivity (Wildman–Crippen MR) is 40.2 cm³/mol. The molecule has 1 fully saturated rings. The molecule has 0 aromatic heterocycles. The van der Waals surface area contributed by atoms with Crippen LogP contribution in [0.1, 0.15) is 39.0 Å². The lowest BCUT2D eigenvalue weighted by molar-refractivity contribution is 0.0627. The molecule has 0 saturated heterocycles. The van der Waals surface area contributed by atoms with Gasteiger partial charge in [-0.15, -0.1) is 0 Å². The van der Waals surface area contributed by atoms with Gasteiger partial charge in [-0.05, 0) is 19.8 Å². The predicted octanol–water partition coefficient (Wildman–Crippen LogP) is 2.93. The summed E-state index contributed by atoms with van der Waals surface area (Å²) in [7, 11) is -0.167. The molecule has 10 heavy (non-hydrogen) atoms. The van der Waals surface area contributed by atoms with Crippen molar-refractivity contribution in [1.82, 2.24) is 0 Å². The van der Waals surface area contributed by atoms with Gasteiger partial charge < -0.3 is 0 Å². The Bertz CT molecular complexity index is 119. The average molecular weight is 160 g/mol. The number of rotatable bonds is 2. The Kier molecular flexibility index (Phi) is 2.82. The lowest BCUT2D eigenvalue weighted by atomic mass is 9.87.